The van der Waals surface area contributed by atoms with Gasteiger partial charge in [-0.3, -0.25) is 29.0 Å². The van der Waals surface area contributed by atoms with Crippen molar-refractivity contribution in [1.29, 1.82) is 0 Å². The van der Waals surface area contributed by atoms with Crippen LogP contribution in [0.3, 0.4) is 0 Å². The van der Waals surface area contributed by atoms with Gasteiger partial charge in [0.15, 0.2) is 20.0 Å². The summed E-state index contributed by atoms with van der Waals surface area (Å²) in [5.74, 6) is -6.14. The summed E-state index contributed by atoms with van der Waals surface area (Å²) in [6.45, 7) is 0. The summed E-state index contributed by atoms with van der Waals surface area (Å²) < 4.78 is 0. The van der Waals surface area contributed by atoms with Crippen molar-refractivity contribution in [3.63, 3.8) is 0 Å². The minimum absolute atomic E-state index is 0.0341. The molecule has 0 radical (unpaired) electrons. The molecule has 8 N–H and O–H groups in total. The summed E-state index contributed by atoms with van der Waals surface area (Å²) in [5, 5.41) is 34.6. The van der Waals surface area contributed by atoms with Gasteiger partial charge >= 0.3 is 11.9 Å². The molecule has 4 atom stereocenters. The van der Waals surface area contributed by atoms with Crippen LogP contribution in [0, 0.1) is 0 Å². The van der Waals surface area contributed by atoms with Crippen molar-refractivity contribution < 1.29 is 48.7 Å². The normalized spacial score (nSPS) is 25.5. The molecule has 26 heteroatoms. The molecule has 2 saturated heterocycles. The third kappa shape index (κ3) is 6.63. The molecule has 4 aliphatic heterocycles. The van der Waals surface area contributed by atoms with E-state index in [-0.39, 0.29) is 45.6 Å². The van der Waals surface area contributed by atoms with E-state index in [1.165, 1.54) is 25.0 Å². The zero-order valence-corrected chi connectivity index (χ0v) is 32.8. The number of thiazole rings is 2. The summed E-state index contributed by atoms with van der Waals surface area (Å²) >= 11 is 3.87. The van der Waals surface area contributed by atoms with Gasteiger partial charge in [-0.15, -0.1) is 22.7 Å². The predicted molar refractivity (Wildman–Crippen MR) is 204 cm³/mol. The van der Waals surface area contributed by atoms with Crippen molar-refractivity contribution in [2.75, 3.05) is 31.9 Å². The highest BCUT2D eigenvalue weighted by Gasteiger charge is 2.64. The number of thioether (sulfide) groups is 2. The molecule has 0 saturated carbocycles. The highest BCUT2D eigenvalue weighted by atomic mass is 33.1. The van der Waals surface area contributed by atoms with Crippen molar-refractivity contribution >= 4 is 126 Å². The molecule has 4 amide bonds. The fourth-order valence-corrected chi connectivity index (χ4v) is 13.3. The fraction of sp³-hybridized carbons (Fsp3) is 0.357. The first-order valence-corrected chi connectivity index (χ1v) is 21.2. The van der Waals surface area contributed by atoms with E-state index in [2.05, 4.69) is 30.9 Å². The molecule has 0 aromatic carbocycles. The number of nitrogens with two attached hydrogens (primary N) is 2. The number of carbonyl (C=O) groups is 6. The smallest absolute Gasteiger partial charge is 0.352 e. The van der Waals surface area contributed by atoms with Gasteiger partial charge in [-0.1, -0.05) is 55.4 Å². The molecule has 6 rings (SSSR count). The van der Waals surface area contributed by atoms with Crippen molar-refractivity contribution in [3.05, 3.63) is 44.7 Å². The Kier molecular flexibility index (Phi) is 11.1. The van der Waals surface area contributed by atoms with Gasteiger partial charge in [0.1, 0.15) is 38.0 Å². The second-order valence-corrected chi connectivity index (χ2v) is 18.3. The molecule has 6 heterocycles. The first-order chi connectivity index (χ1) is 25.7. The summed E-state index contributed by atoms with van der Waals surface area (Å²) in [5.41, 5.74) is 10.6. The quantitative estimate of drug-likeness (QED) is 0.0667. The maximum absolute atomic E-state index is 13.7. The lowest BCUT2D eigenvalue weighted by atomic mass is 9.85. The Bertz CT molecular complexity index is 1930. The zero-order chi connectivity index (χ0) is 39.1. The summed E-state index contributed by atoms with van der Waals surface area (Å²) in [4.78, 5) is 97.5. The summed E-state index contributed by atoms with van der Waals surface area (Å²) in [6, 6.07) is 0. The van der Waals surface area contributed by atoms with Crippen molar-refractivity contribution in [2.45, 2.75) is 38.6 Å². The number of aromatic nitrogens is 2. The summed E-state index contributed by atoms with van der Waals surface area (Å²) in [7, 11) is 4.40. The fourth-order valence-electron chi connectivity index (χ4n) is 6.25. The van der Waals surface area contributed by atoms with Crippen LogP contribution in [0.25, 0.3) is 0 Å². The molecule has 54 heavy (non-hydrogen) atoms. The average Bonchev–Trinajstić information content (AvgIpc) is 3.76. The van der Waals surface area contributed by atoms with Crippen LogP contribution in [-0.2, 0) is 48.2 Å². The summed E-state index contributed by atoms with van der Waals surface area (Å²) in [6.07, 6.45) is 2.96. The van der Waals surface area contributed by atoms with E-state index in [4.69, 9.17) is 21.1 Å². The standard InChI is InChI=1S/C28H28N10O10S6/c1-47-31-6-12(39)35-27(10-8-50-25(29)33-10)18(20(23(43)44)37-14(41)4-16(37)52-27)22(54-49-3)19-21(24(45)46)38-15(42)5-17(38)53-28(19,11-9-51-26(30)34-11)36-13(40)7-32-48-2/h6-9,16-17,22H,4-5H2,1-3H3,(H2,29,33)(H2,30,34)(H,35,39)(H,36,40)(H,43,44)(H,45,46)/b31-6-,32-7-/t16-,17-,22?,27?,28?/m0/s1. The van der Waals surface area contributed by atoms with E-state index in [9.17, 15) is 39.0 Å². The number of aliphatic carboxylic acids is 2. The first-order valence-electron chi connectivity index (χ1n) is 15.1. The van der Waals surface area contributed by atoms with Gasteiger partial charge in [-0.05, 0) is 6.26 Å². The van der Waals surface area contributed by atoms with Crippen LogP contribution in [-0.4, -0.2) is 114 Å². The predicted octanol–water partition coefficient (Wildman–Crippen LogP) is 0.934. The number of carboxylic acid groups (broad SMARTS) is 2. The number of carboxylic acids is 2. The van der Waals surface area contributed by atoms with E-state index >= 15 is 0 Å². The molecular formula is C28H28N10O10S6. The minimum atomic E-state index is -2.01. The number of hydrogen-bond donors (Lipinski definition) is 6. The Hall–Kier alpha value is -4.50. The largest absolute Gasteiger partial charge is 0.477 e. The third-order valence-electron chi connectivity index (χ3n) is 8.22. The number of carbonyl (C=O) groups excluding carboxylic acids is 4. The molecule has 2 unspecified atom stereocenters. The zero-order valence-electron chi connectivity index (χ0n) is 27.9. The second kappa shape index (κ2) is 15.3. The number of oxime groups is 2. The molecule has 2 fully saturated rings. The first kappa shape index (κ1) is 39.2. The molecule has 0 bridgehead atoms. The van der Waals surface area contributed by atoms with Gasteiger partial charge in [0.25, 0.3) is 11.8 Å². The van der Waals surface area contributed by atoms with Crippen LogP contribution in [0.2, 0.25) is 0 Å². The van der Waals surface area contributed by atoms with Crippen LogP contribution in [0.5, 0.6) is 0 Å². The minimum Gasteiger partial charge on any atom is -0.477 e. The monoisotopic (exact) mass is 856 g/mol. The Morgan fingerprint density at radius 3 is 1.57 bits per heavy atom. The number of rotatable bonds is 14. The van der Waals surface area contributed by atoms with Crippen LogP contribution >= 0.6 is 67.8 Å². The highest BCUT2D eigenvalue weighted by molar-refractivity contribution is 8.76. The number of β-lactam (4-membered cyclic amide) rings is 2. The number of nitrogens with zero attached hydrogens (tertiary/aromatic N) is 6. The SMILES string of the molecule is CO/N=C\C(=O)NC1(c2csc(N)n2)S[C@H]2CC(=O)N2C(C(=O)O)=C1C(SSC)C1=C(C(=O)O)N2C(=O)C[C@@H]2SC1(NC(=O)/C=N\OC)c1csc(N)n1. The van der Waals surface area contributed by atoms with Crippen molar-refractivity contribution in [2.24, 2.45) is 10.3 Å². The number of fused-ring (bicyclic) bond motifs is 2. The van der Waals surface area contributed by atoms with Gasteiger partial charge in [0.2, 0.25) is 11.8 Å². The van der Waals surface area contributed by atoms with Crippen LogP contribution in [0.15, 0.2) is 43.6 Å². The Morgan fingerprint density at radius 1 is 0.870 bits per heavy atom. The van der Waals surface area contributed by atoms with Crippen molar-refractivity contribution in [1.82, 2.24) is 30.4 Å². The number of amides is 4. The number of nitrogens with one attached hydrogen (secondary N) is 2. The van der Waals surface area contributed by atoms with Crippen molar-refractivity contribution in [3.8, 4) is 0 Å². The van der Waals surface area contributed by atoms with Crippen LogP contribution in [0.1, 0.15) is 24.2 Å². The molecule has 286 valence electrons. The van der Waals surface area contributed by atoms with E-state index in [0.717, 1.165) is 90.0 Å². The number of hydrogen-bond acceptors (Lipinski definition) is 20. The maximum atomic E-state index is 13.7. The lowest BCUT2D eigenvalue weighted by molar-refractivity contribution is -0.146. The second-order valence-electron chi connectivity index (χ2n) is 11.2. The molecule has 20 nitrogen and oxygen atoms in total. The lowest BCUT2D eigenvalue weighted by Crippen LogP contribution is -2.65. The van der Waals surface area contributed by atoms with E-state index in [0.29, 0.717) is 0 Å². The van der Waals surface area contributed by atoms with Gasteiger partial charge in [-0.25, -0.2) is 19.6 Å². The third-order valence-corrected chi connectivity index (χ3v) is 14.7. The van der Waals surface area contributed by atoms with Gasteiger partial charge < -0.3 is 42.0 Å². The maximum Gasteiger partial charge on any atom is 0.352 e. The molecule has 4 aliphatic rings. The van der Waals surface area contributed by atoms with Crippen LogP contribution < -0.4 is 22.1 Å². The van der Waals surface area contributed by atoms with Gasteiger partial charge in [0, 0.05) is 21.9 Å². The molecule has 2 aromatic heterocycles. The average molecular weight is 857 g/mol. The Labute approximate surface area is 329 Å². The van der Waals surface area contributed by atoms with Crippen LogP contribution in [0.4, 0.5) is 10.3 Å². The highest BCUT2D eigenvalue weighted by Crippen LogP contribution is 2.63. The topological polar surface area (TPSA) is 294 Å². The number of anilines is 2. The number of nitrogen functional groups attached to an aromatic ring is 2. The molecule has 0 spiro atoms. The lowest BCUT2D eigenvalue weighted by Gasteiger charge is -2.56. The molecule has 2 aromatic rings. The van der Waals surface area contributed by atoms with Gasteiger partial charge in [0.05, 0.1) is 40.2 Å². The van der Waals surface area contributed by atoms with Gasteiger partial charge in [-0.2, -0.15) is 0 Å². The van der Waals surface area contributed by atoms with E-state index in [1.54, 1.807) is 6.26 Å². The Morgan fingerprint density at radius 2 is 1.28 bits per heavy atom. The Balaban J connectivity index is 1.78. The molecule has 0 aliphatic carbocycles. The van der Waals surface area contributed by atoms with E-state index in [1.807, 2.05) is 0 Å². The van der Waals surface area contributed by atoms with E-state index < -0.39 is 72.7 Å². The molecular weight excluding hydrogens is 829 g/mol.